The van der Waals surface area contributed by atoms with Crippen LogP contribution in [0.5, 0.6) is 0 Å². The second-order valence-corrected chi connectivity index (χ2v) is 5.35. The van der Waals surface area contributed by atoms with Gasteiger partial charge in [-0.15, -0.1) is 0 Å². The van der Waals surface area contributed by atoms with Gasteiger partial charge in [0.15, 0.2) is 0 Å². The molecule has 0 radical (unpaired) electrons. The lowest BCUT2D eigenvalue weighted by molar-refractivity contribution is 0.0608. The SMILES string of the molecule is CC.OC1CCC2(CCCCC2)CC(O)C1. The highest BCUT2D eigenvalue weighted by Gasteiger charge is 2.37. The summed E-state index contributed by atoms with van der Waals surface area (Å²) in [7, 11) is 0. The molecule has 1 spiro atoms. The fraction of sp³-hybridized carbons (Fsp3) is 1.00. The molecule has 2 unspecified atom stereocenters. The minimum atomic E-state index is -0.259. The van der Waals surface area contributed by atoms with Crippen molar-refractivity contribution < 1.29 is 10.2 Å². The summed E-state index contributed by atoms with van der Waals surface area (Å²) in [4.78, 5) is 0. The molecule has 0 aromatic heterocycles. The molecule has 2 saturated carbocycles. The van der Waals surface area contributed by atoms with Gasteiger partial charge < -0.3 is 10.2 Å². The van der Waals surface area contributed by atoms with Crippen LogP contribution in [-0.2, 0) is 0 Å². The zero-order chi connectivity index (χ0) is 12.0. The number of aliphatic hydroxyl groups is 2. The van der Waals surface area contributed by atoms with Crippen LogP contribution in [0.2, 0.25) is 0 Å². The van der Waals surface area contributed by atoms with Gasteiger partial charge in [-0.3, -0.25) is 0 Å². The van der Waals surface area contributed by atoms with Crippen LogP contribution in [0.25, 0.3) is 0 Å². The first-order valence-electron chi connectivity index (χ1n) is 7.06. The van der Waals surface area contributed by atoms with Gasteiger partial charge in [-0.1, -0.05) is 33.1 Å². The Bertz CT molecular complexity index is 185. The second-order valence-electron chi connectivity index (χ2n) is 5.35. The van der Waals surface area contributed by atoms with Crippen molar-refractivity contribution in [2.24, 2.45) is 5.41 Å². The van der Waals surface area contributed by atoms with E-state index in [0.29, 0.717) is 11.8 Å². The third kappa shape index (κ3) is 3.74. The van der Waals surface area contributed by atoms with Gasteiger partial charge in [0.2, 0.25) is 0 Å². The number of hydrogen-bond donors (Lipinski definition) is 2. The second kappa shape index (κ2) is 6.61. The lowest BCUT2D eigenvalue weighted by Crippen LogP contribution is -2.27. The number of aliphatic hydroxyl groups excluding tert-OH is 2. The standard InChI is InChI=1S/C12H22O2.C2H6/c13-10-4-7-12(9-11(14)8-10)5-2-1-3-6-12;1-2/h10-11,13-14H,1-9H2;1-2H3. The fourth-order valence-electron chi connectivity index (χ4n) is 3.35. The molecule has 96 valence electrons. The maximum atomic E-state index is 9.82. The van der Waals surface area contributed by atoms with E-state index in [1.54, 1.807) is 0 Å². The highest BCUT2D eigenvalue weighted by Crippen LogP contribution is 2.46. The van der Waals surface area contributed by atoms with Crippen molar-refractivity contribution in [3.63, 3.8) is 0 Å². The van der Waals surface area contributed by atoms with Gasteiger partial charge in [-0.25, -0.2) is 0 Å². The average molecular weight is 228 g/mol. The van der Waals surface area contributed by atoms with Gasteiger partial charge in [0.25, 0.3) is 0 Å². The zero-order valence-electron chi connectivity index (χ0n) is 10.9. The molecule has 2 N–H and O–H groups in total. The predicted octanol–water partition coefficient (Wildman–Crippen LogP) is 3.26. The third-order valence-corrected chi connectivity index (χ3v) is 4.13. The largest absolute Gasteiger partial charge is 0.393 e. The summed E-state index contributed by atoms with van der Waals surface area (Å²) >= 11 is 0. The first-order valence-corrected chi connectivity index (χ1v) is 7.06. The van der Waals surface area contributed by atoms with Crippen LogP contribution in [0, 0.1) is 5.41 Å². The predicted molar refractivity (Wildman–Crippen MR) is 67.3 cm³/mol. The van der Waals surface area contributed by atoms with E-state index in [2.05, 4.69) is 0 Å². The average Bonchev–Trinajstić information content (AvgIpc) is 2.42. The van der Waals surface area contributed by atoms with E-state index in [9.17, 15) is 10.2 Å². The maximum absolute atomic E-state index is 9.82. The molecule has 2 aliphatic carbocycles. The molecule has 16 heavy (non-hydrogen) atoms. The number of hydrogen-bond acceptors (Lipinski definition) is 2. The van der Waals surface area contributed by atoms with E-state index in [-0.39, 0.29) is 12.2 Å². The normalized spacial score (nSPS) is 33.8. The lowest BCUT2D eigenvalue weighted by Gasteiger charge is -2.37. The van der Waals surface area contributed by atoms with E-state index < -0.39 is 0 Å². The van der Waals surface area contributed by atoms with E-state index in [4.69, 9.17) is 0 Å². The highest BCUT2D eigenvalue weighted by atomic mass is 16.3. The van der Waals surface area contributed by atoms with Gasteiger partial charge in [0.05, 0.1) is 12.2 Å². The maximum Gasteiger partial charge on any atom is 0.0570 e. The summed E-state index contributed by atoms with van der Waals surface area (Å²) in [5.41, 5.74) is 0.384. The van der Waals surface area contributed by atoms with Gasteiger partial charge in [0.1, 0.15) is 0 Å². The zero-order valence-corrected chi connectivity index (χ0v) is 10.9. The van der Waals surface area contributed by atoms with Crippen molar-refractivity contribution in [1.82, 2.24) is 0 Å². The minimum absolute atomic E-state index is 0.258. The Kier molecular flexibility index (Phi) is 5.77. The monoisotopic (exact) mass is 228 g/mol. The topological polar surface area (TPSA) is 40.5 Å². The van der Waals surface area contributed by atoms with Gasteiger partial charge in [-0.2, -0.15) is 0 Å². The number of rotatable bonds is 0. The molecule has 2 atom stereocenters. The Hall–Kier alpha value is -0.0800. The molecule has 2 heteroatoms. The highest BCUT2D eigenvalue weighted by molar-refractivity contribution is 4.89. The molecular formula is C14H28O2. The van der Waals surface area contributed by atoms with Crippen molar-refractivity contribution >= 4 is 0 Å². The van der Waals surface area contributed by atoms with Crippen LogP contribution < -0.4 is 0 Å². The Morgan fingerprint density at radius 1 is 0.875 bits per heavy atom. The molecule has 0 aromatic carbocycles. The molecule has 0 aromatic rings. The van der Waals surface area contributed by atoms with Gasteiger partial charge in [0, 0.05) is 0 Å². The molecule has 0 heterocycles. The van der Waals surface area contributed by atoms with Crippen molar-refractivity contribution in [3.05, 3.63) is 0 Å². The van der Waals surface area contributed by atoms with Crippen molar-refractivity contribution in [3.8, 4) is 0 Å². The quantitative estimate of drug-likeness (QED) is 0.668. The summed E-state index contributed by atoms with van der Waals surface area (Å²) < 4.78 is 0. The van der Waals surface area contributed by atoms with E-state index in [1.807, 2.05) is 13.8 Å². The summed E-state index contributed by atoms with van der Waals surface area (Å²) in [6.07, 6.45) is 9.60. The summed E-state index contributed by atoms with van der Waals surface area (Å²) in [6, 6.07) is 0. The molecule has 0 amide bonds. The Labute approximate surface area is 100 Å². The van der Waals surface area contributed by atoms with Crippen LogP contribution in [0.3, 0.4) is 0 Å². The van der Waals surface area contributed by atoms with Crippen molar-refractivity contribution in [2.75, 3.05) is 0 Å². The van der Waals surface area contributed by atoms with E-state index >= 15 is 0 Å². The van der Waals surface area contributed by atoms with Gasteiger partial charge >= 0.3 is 0 Å². The Morgan fingerprint density at radius 3 is 2.12 bits per heavy atom. The van der Waals surface area contributed by atoms with Crippen LogP contribution >= 0.6 is 0 Å². The smallest absolute Gasteiger partial charge is 0.0570 e. The molecule has 0 bridgehead atoms. The minimum Gasteiger partial charge on any atom is -0.393 e. The lowest BCUT2D eigenvalue weighted by atomic mass is 9.69. The third-order valence-electron chi connectivity index (χ3n) is 4.13. The van der Waals surface area contributed by atoms with Crippen molar-refractivity contribution in [2.45, 2.75) is 83.8 Å². The van der Waals surface area contributed by atoms with Gasteiger partial charge in [-0.05, 0) is 43.9 Å². The summed E-state index contributed by atoms with van der Waals surface area (Å²) in [5.74, 6) is 0. The fourth-order valence-corrected chi connectivity index (χ4v) is 3.35. The Balaban J connectivity index is 0.000000606. The van der Waals surface area contributed by atoms with Crippen LogP contribution in [0.1, 0.15) is 71.6 Å². The summed E-state index contributed by atoms with van der Waals surface area (Å²) in [5, 5.41) is 19.4. The van der Waals surface area contributed by atoms with Crippen LogP contribution in [0.4, 0.5) is 0 Å². The first kappa shape index (κ1) is 14.0. The van der Waals surface area contributed by atoms with E-state index in [0.717, 1.165) is 19.3 Å². The molecule has 0 aliphatic heterocycles. The molecule has 2 rings (SSSR count). The van der Waals surface area contributed by atoms with E-state index in [1.165, 1.54) is 32.1 Å². The summed E-state index contributed by atoms with van der Waals surface area (Å²) in [6.45, 7) is 4.00. The van der Waals surface area contributed by atoms with Crippen molar-refractivity contribution in [1.29, 1.82) is 0 Å². The molecular weight excluding hydrogens is 200 g/mol. The molecule has 2 fully saturated rings. The molecule has 0 saturated heterocycles. The molecule has 2 nitrogen and oxygen atoms in total. The van der Waals surface area contributed by atoms with Crippen LogP contribution in [0.15, 0.2) is 0 Å². The van der Waals surface area contributed by atoms with Crippen LogP contribution in [-0.4, -0.2) is 22.4 Å². The Morgan fingerprint density at radius 2 is 1.50 bits per heavy atom. The first-order chi connectivity index (χ1) is 7.70. The molecule has 2 aliphatic rings.